The van der Waals surface area contributed by atoms with Crippen LogP contribution in [0, 0.1) is 17.1 Å². The topological polar surface area (TPSA) is 52.9 Å². The van der Waals surface area contributed by atoms with Crippen LogP contribution in [0.2, 0.25) is 0 Å². The molecule has 3 nitrogen and oxygen atoms in total. The first-order valence-corrected chi connectivity index (χ1v) is 7.13. The van der Waals surface area contributed by atoms with E-state index in [1.54, 1.807) is 24.3 Å². The summed E-state index contributed by atoms with van der Waals surface area (Å²) in [6.07, 6.45) is 1.55. The normalized spacial score (nSPS) is 10.0. The molecule has 0 radical (unpaired) electrons. The van der Waals surface area contributed by atoms with E-state index in [4.69, 9.17) is 5.26 Å². The number of nitrogens with zero attached hydrogens (tertiary/aromatic N) is 1. The van der Waals surface area contributed by atoms with Gasteiger partial charge < -0.3 is 5.32 Å². The van der Waals surface area contributed by atoms with Crippen molar-refractivity contribution in [2.45, 2.75) is 19.8 Å². The maximum atomic E-state index is 13.1. The summed E-state index contributed by atoms with van der Waals surface area (Å²) < 4.78 is 13.1. The minimum absolute atomic E-state index is 0.0349. The molecule has 0 amide bonds. The lowest BCUT2D eigenvalue weighted by atomic mass is 10.1. The molecule has 0 spiro atoms. The molecule has 2 rings (SSSR count). The third-order valence-corrected chi connectivity index (χ3v) is 3.39. The number of hydrogen-bond acceptors (Lipinski definition) is 3. The summed E-state index contributed by atoms with van der Waals surface area (Å²) in [5, 5.41) is 12.3. The minimum Gasteiger partial charge on any atom is -0.384 e. The zero-order chi connectivity index (χ0) is 15.9. The van der Waals surface area contributed by atoms with E-state index in [0.717, 1.165) is 18.4 Å². The molecule has 0 aliphatic heterocycles. The van der Waals surface area contributed by atoms with Crippen molar-refractivity contribution >= 4 is 11.5 Å². The first-order chi connectivity index (χ1) is 10.6. The van der Waals surface area contributed by atoms with E-state index < -0.39 is 0 Å². The number of rotatable bonds is 6. The molecule has 0 saturated carbocycles. The molecule has 4 heteroatoms. The van der Waals surface area contributed by atoms with Crippen molar-refractivity contribution in [3.05, 3.63) is 65.0 Å². The molecule has 2 aromatic carbocycles. The molecule has 0 atom stereocenters. The van der Waals surface area contributed by atoms with Gasteiger partial charge in [-0.25, -0.2) is 4.39 Å². The summed E-state index contributed by atoms with van der Waals surface area (Å²) >= 11 is 0. The number of anilines is 1. The highest BCUT2D eigenvalue weighted by atomic mass is 19.1. The quantitative estimate of drug-likeness (QED) is 0.649. The number of nitriles is 1. The number of nitrogens with one attached hydrogen (secondary N) is 1. The highest BCUT2D eigenvalue weighted by Crippen LogP contribution is 2.18. The standard InChI is InChI=1S/C18H17FN2O/c1-13(22)15-7-8-16(12-20)18(11-15)21-9-3-5-14-4-2-6-17(19)10-14/h2,4,6-8,10-11,21H,3,5,9H2,1H3. The van der Waals surface area contributed by atoms with Gasteiger partial charge in [0.25, 0.3) is 0 Å². The summed E-state index contributed by atoms with van der Waals surface area (Å²) in [7, 11) is 0. The maximum absolute atomic E-state index is 13.1. The molecule has 0 saturated heterocycles. The van der Waals surface area contributed by atoms with E-state index in [1.165, 1.54) is 19.1 Å². The molecule has 0 fully saturated rings. The SMILES string of the molecule is CC(=O)c1ccc(C#N)c(NCCCc2cccc(F)c2)c1. The van der Waals surface area contributed by atoms with Gasteiger partial charge in [0.1, 0.15) is 11.9 Å². The number of carbonyl (C=O) groups is 1. The summed E-state index contributed by atoms with van der Waals surface area (Å²) in [4.78, 5) is 11.4. The molecular formula is C18H17FN2O. The van der Waals surface area contributed by atoms with Crippen molar-refractivity contribution in [1.29, 1.82) is 5.26 Å². The van der Waals surface area contributed by atoms with Crippen molar-refractivity contribution in [2.75, 3.05) is 11.9 Å². The zero-order valence-corrected chi connectivity index (χ0v) is 12.4. The lowest BCUT2D eigenvalue weighted by molar-refractivity contribution is 0.101. The second-order valence-corrected chi connectivity index (χ2v) is 5.09. The van der Waals surface area contributed by atoms with Gasteiger partial charge in [-0.1, -0.05) is 12.1 Å². The van der Waals surface area contributed by atoms with E-state index >= 15 is 0 Å². The lowest BCUT2D eigenvalue weighted by Gasteiger charge is -2.09. The fraction of sp³-hybridized carbons (Fsp3) is 0.222. The molecule has 0 aromatic heterocycles. The average molecular weight is 296 g/mol. The fourth-order valence-corrected chi connectivity index (χ4v) is 2.22. The summed E-state index contributed by atoms with van der Waals surface area (Å²) in [5.41, 5.74) is 2.69. The Morgan fingerprint density at radius 1 is 1.27 bits per heavy atom. The van der Waals surface area contributed by atoms with Gasteiger partial charge in [-0.3, -0.25) is 4.79 Å². The highest BCUT2D eigenvalue weighted by molar-refractivity contribution is 5.95. The number of aryl methyl sites for hydroxylation is 1. The zero-order valence-electron chi connectivity index (χ0n) is 12.4. The Labute approximate surface area is 129 Å². The molecule has 0 heterocycles. The molecular weight excluding hydrogens is 279 g/mol. The second-order valence-electron chi connectivity index (χ2n) is 5.09. The fourth-order valence-electron chi connectivity index (χ4n) is 2.22. The summed E-state index contributed by atoms with van der Waals surface area (Å²) in [6.45, 7) is 2.14. The minimum atomic E-state index is -0.230. The largest absolute Gasteiger partial charge is 0.384 e. The van der Waals surface area contributed by atoms with Gasteiger partial charge in [0.05, 0.1) is 11.3 Å². The number of carbonyl (C=O) groups excluding carboxylic acids is 1. The molecule has 1 N–H and O–H groups in total. The monoisotopic (exact) mass is 296 g/mol. The van der Waals surface area contributed by atoms with Gasteiger partial charge in [0.15, 0.2) is 5.78 Å². The van der Waals surface area contributed by atoms with Crippen LogP contribution in [0.25, 0.3) is 0 Å². The smallest absolute Gasteiger partial charge is 0.159 e. The Morgan fingerprint density at radius 3 is 2.77 bits per heavy atom. The van der Waals surface area contributed by atoms with Gasteiger partial charge in [0.2, 0.25) is 0 Å². The predicted octanol–water partition coefficient (Wildman–Crippen LogP) is 3.94. The first-order valence-electron chi connectivity index (χ1n) is 7.13. The molecule has 0 unspecified atom stereocenters. The maximum Gasteiger partial charge on any atom is 0.159 e. The van der Waals surface area contributed by atoms with Gasteiger partial charge in [-0.05, 0) is 55.7 Å². The number of ketones is 1. The van der Waals surface area contributed by atoms with Crippen LogP contribution in [-0.2, 0) is 6.42 Å². The van der Waals surface area contributed by atoms with Crippen molar-refractivity contribution in [3.8, 4) is 6.07 Å². The Kier molecular flexibility index (Phi) is 5.26. The van der Waals surface area contributed by atoms with E-state index in [2.05, 4.69) is 11.4 Å². The summed E-state index contributed by atoms with van der Waals surface area (Å²) in [6, 6.07) is 13.6. The van der Waals surface area contributed by atoms with Gasteiger partial charge >= 0.3 is 0 Å². The third-order valence-electron chi connectivity index (χ3n) is 3.39. The number of Topliss-reactive ketones (excluding diaryl/α,β-unsaturated/α-hetero) is 1. The van der Waals surface area contributed by atoms with Crippen LogP contribution < -0.4 is 5.32 Å². The highest BCUT2D eigenvalue weighted by Gasteiger charge is 2.06. The molecule has 0 aliphatic rings. The van der Waals surface area contributed by atoms with Crippen LogP contribution in [0.15, 0.2) is 42.5 Å². The van der Waals surface area contributed by atoms with Gasteiger partial charge in [-0.15, -0.1) is 0 Å². The van der Waals surface area contributed by atoms with Crippen LogP contribution in [0.5, 0.6) is 0 Å². The molecule has 22 heavy (non-hydrogen) atoms. The Hall–Kier alpha value is -2.67. The Bertz CT molecular complexity index is 719. The lowest BCUT2D eigenvalue weighted by Crippen LogP contribution is -2.06. The third kappa shape index (κ3) is 4.16. The van der Waals surface area contributed by atoms with E-state index in [-0.39, 0.29) is 11.6 Å². The number of hydrogen-bond donors (Lipinski definition) is 1. The molecule has 0 aliphatic carbocycles. The molecule has 0 bridgehead atoms. The van der Waals surface area contributed by atoms with Crippen LogP contribution in [0.1, 0.15) is 34.8 Å². The van der Waals surface area contributed by atoms with Crippen LogP contribution >= 0.6 is 0 Å². The average Bonchev–Trinajstić information content (AvgIpc) is 2.51. The van der Waals surface area contributed by atoms with Crippen LogP contribution in [0.4, 0.5) is 10.1 Å². The predicted molar refractivity (Wildman–Crippen MR) is 84.4 cm³/mol. The van der Waals surface area contributed by atoms with Crippen molar-refractivity contribution in [3.63, 3.8) is 0 Å². The second kappa shape index (κ2) is 7.37. The van der Waals surface area contributed by atoms with Crippen molar-refractivity contribution in [2.24, 2.45) is 0 Å². The van der Waals surface area contributed by atoms with Crippen molar-refractivity contribution in [1.82, 2.24) is 0 Å². The van der Waals surface area contributed by atoms with E-state index in [1.807, 2.05) is 6.07 Å². The van der Waals surface area contributed by atoms with Crippen molar-refractivity contribution < 1.29 is 9.18 Å². The van der Waals surface area contributed by atoms with E-state index in [0.29, 0.717) is 23.4 Å². The van der Waals surface area contributed by atoms with Crippen LogP contribution in [-0.4, -0.2) is 12.3 Å². The number of benzene rings is 2. The Morgan fingerprint density at radius 2 is 2.09 bits per heavy atom. The van der Waals surface area contributed by atoms with Gasteiger partial charge in [0, 0.05) is 12.1 Å². The molecule has 2 aromatic rings. The molecule has 112 valence electrons. The Balaban J connectivity index is 1.95. The van der Waals surface area contributed by atoms with Gasteiger partial charge in [-0.2, -0.15) is 5.26 Å². The van der Waals surface area contributed by atoms with Crippen LogP contribution in [0.3, 0.4) is 0 Å². The number of halogens is 1. The van der Waals surface area contributed by atoms with E-state index in [9.17, 15) is 9.18 Å². The summed E-state index contributed by atoms with van der Waals surface area (Å²) in [5.74, 6) is -0.265. The first kappa shape index (κ1) is 15.7.